The molecule has 0 saturated heterocycles. The lowest BCUT2D eigenvalue weighted by Crippen LogP contribution is -2.25. The monoisotopic (exact) mass is 269 g/mol. The fraction of sp³-hybridized carbons (Fsp3) is 0.615. The maximum atomic E-state index is 13.1. The molecule has 6 heteroatoms. The minimum Gasteiger partial charge on any atom is -0.364 e. The molecule has 19 heavy (non-hydrogen) atoms. The van der Waals surface area contributed by atoms with Gasteiger partial charge in [0.05, 0.1) is 17.1 Å². The third-order valence-electron chi connectivity index (χ3n) is 3.62. The van der Waals surface area contributed by atoms with Crippen LogP contribution >= 0.6 is 0 Å². The predicted molar refractivity (Wildman–Crippen MR) is 66.2 cm³/mol. The fourth-order valence-corrected chi connectivity index (χ4v) is 2.55. The van der Waals surface area contributed by atoms with Crippen LogP contribution in [-0.4, -0.2) is 21.8 Å². The molecule has 1 aromatic heterocycles. The van der Waals surface area contributed by atoms with E-state index in [-0.39, 0.29) is 24.5 Å². The molecular formula is C13H17F2N3O. The maximum absolute atomic E-state index is 13.1. The number of halogens is 2. The topological polar surface area (TPSA) is 68.9 Å². The van der Waals surface area contributed by atoms with E-state index in [9.17, 15) is 13.6 Å². The lowest BCUT2D eigenvalue weighted by atomic mass is 9.84. The molecule has 0 bridgehead atoms. The molecule has 0 radical (unpaired) electrons. The predicted octanol–water partition coefficient (Wildman–Crippen LogP) is 2.49. The second-order valence-corrected chi connectivity index (χ2v) is 5.12. The summed E-state index contributed by atoms with van der Waals surface area (Å²) in [5.74, 6) is -3.18. The van der Waals surface area contributed by atoms with Gasteiger partial charge < -0.3 is 5.73 Å². The van der Waals surface area contributed by atoms with Crippen molar-refractivity contribution in [3.63, 3.8) is 0 Å². The molecule has 0 spiro atoms. The SMILES string of the molecule is Cc1nc(C2CCC(F)(F)CC2)c(C)nc1C(N)=O. The van der Waals surface area contributed by atoms with Gasteiger partial charge in [0.1, 0.15) is 5.69 Å². The van der Waals surface area contributed by atoms with Crippen molar-refractivity contribution in [2.24, 2.45) is 5.73 Å². The number of nitrogens with zero attached hydrogens (tertiary/aromatic N) is 2. The highest BCUT2D eigenvalue weighted by Crippen LogP contribution is 2.40. The van der Waals surface area contributed by atoms with E-state index in [1.165, 1.54) is 0 Å². The lowest BCUT2D eigenvalue weighted by molar-refractivity contribution is -0.0385. The van der Waals surface area contributed by atoms with Crippen LogP contribution in [0.5, 0.6) is 0 Å². The number of amides is 1. The molecule has 2 N–H and O–H groups in total. The molecule has 1 amide bonds. The first-order chi connectivity index (χ1) is 8.80. The lowest BCUT2D eigenvalue weighted by Gasteiger charge is -2.28. The maximum Gasteiger partial charge on any atom is 0.269 e. The van der Waals surface area contributed by atoms with E-state index in [4.69, 9.17) is 5.73 Å². The van der Waals surface area contributed by atoms with Crippen LogP contribution in [0.25, 0.3) is 0 Å². The Kier molecular flexibility index (Phi) is 3.52. The average Bonchev–Trinajstić information content (AvgIpc) is 2.31. The van der Waals surface area contributed by atoms with Gasteiger partial charge in [-0.25, -0.2) is 13.8 Å². The molecular weight excluding hydrogens is 252 g/mol. The van der Waals surface area contributed by atoms with E-state index >= 15 is 0 Å². The van der Waals surface area contributed by atoms with E-state index in [1.807, 2.05) is 0 Å². The molecule has 4 nitrogen and oxygen atoms in total. The molecule has 1 saturated carbocycles. The molecule has 0 aromatic carbocycles. The van der Waals surface area contributed by atoms with E-state index < -0.39 is 11.8 Å². The third-order valence-corrected chi connectivity index (χ3v) is 3.62. The van der Waals surface area contributed by atoms with Gasteiger partial charge in [0.15, 0.2) is 0 Å². The number of aryl methyl sites for hydroxylation is 2. The first-order valence-electron chi connectivity index (χ1n) is 6.33. The Labute approximate surface area is 110 Å². The smallest absolute Gasteiger partial charge is 0.269 e. The van der Waals surface area contributed by atoms with Crippen molar-refractivity contribution < 1.29 is 13.6 Å². The minimum absolute atomic E-state index is 0.00671. The van der Waals surface area contributed by atoms with Gasteiger partial charge in [0.25, 0.3) is 5.91 Å². The minimum atomic E-state index is -2.56. The van der Waals surface area contributed by atoms with E-state index in [1.54, 1.807) is 13.8 Å². The summed E-state index contributed by atoms with van der Waals surface area (Å²) in [4.78, 5) is 19.7. The first kappa shape index (κ1) is 13.8. The molecule has 0 unspecified atom stereocenters. The van der Waals surface area contributed by atoms with Crippen molar-refractivity contribution in [1.82, 2.24) is 9.97 Å². The third kappa shape index (κ3) is 2.88. The van der Waals surface area contributed by atoms with Crippen LogP contribution < -0.4 is 5.73 Å². The number of alkyl halides is 2. The van der Waals surface area contributed by atoms with Crippen LogP contribution in [0.4, 0.5) is 8.78 Å². The second-order valence-electron chi connectivity index (χ2n) is 5.12. The van der Waals surface area contributed by atoms with E-state index in [0.717, 1.165) is 5.69 Å². The van der Waals surface area contributed by atoms with Gasteiger partial charge in [0, 0.05) is 18.8 Å². The van der Waals surface area contributed by atoms with Crippen LogP contribution in [0.2, 0.25) is 0 Å². The quantitative estimate of drug-likeness (QED) is 0.896. The molecule has 1 fully saturated rings. The van der Waals surface area contributed by atoms with Crippen molar-refractivity contribution in [3.05, 3.63) is 22.8 Å². The van der Waals surface area contributed by atoms with Crippen LogP contribution in [0.1, 0.15) is 59.2 Å². The van der Waals surface area contributed by atoms with Gasteiger partial charge in [0.2, 0.25) is 5.92 Å². The Morgan fingerprint density at radius 2 is 1.79 bits per heavy atom. The van der Waals surface area contributed by atoms with Gasteiger partial charge in [-0.2, -0.15) is 0 Å². The molecule has 1 aliphatic rings. The van der Waals surface area contributed by atoms with Crippen molar-refractivity contribution in [3.8, 4) is 0 Å². The number of nitrogens with two attached hydrogens (primary N) is 1. The Bertz CT molecular complexity index is 507. The first-order valence-corrected chi connectivity index (χ1v) is 6.33. The Hall–Kier alpha value is -1.59. The molecule has 1 aromatic rings. The van der Waals surface area contributed by atoms with Crippen LogP contribution in [0.15, 0.2) is 0 Å². The van der Waals surface area contributed by atoms with E-state index in [0.29, 0.717) is 24.2 Å². The van der Waals surface area contributed by atoms with Gasteiger partial charge in [-0.05, 0) is 26.7 Å². The van der Waals surface area contributed by atoms with Crippen molar-refractivity contribution in [1.29, 1.82) is 0 Å². The molecule has 1 aliphatic carbocycles. The highest BCUT2D eigenvalue weighted by molar-refractivity contribution is 5.91. The summed E-state index contributed by atoms with van der Waals surface area (Å²) in [6, 6.07) is 0. The number of primary amides is 1. The summed E-state index contributed by atoms with van der Waals surface area (Å²) in [5, 5.41) is 0. The number of carbonyl (C=O) groups excluding carboxylic acids is 1. The summed E-state index contributed by atoms with van der Waals surface area (Å²) >= 11 is 0. The standard InChI is InChI=1S/C13H17F2N3O/c1-7-10(9-3-5-13(14,15)6-4-9)17-8(2)11(18-7)12(16)19/h9H,3-6H2,1-2H3,(H2,16,19). The zero-order valence-corrected chi connectivity index (χ0v) is 11.0. The highest BCUT2D eigenvalue weighted by atomic mass is 19.3. The van der Waals surface area contributed by atoms with Crippen molar-refractivity contribution >= 4 is 5.91 Å². The number of carbonyl (C=O) groups is 1. The zero-order chi connectivity index (χ0) is 14.2. The summed E-state index contributed by atoms with van der Waals surface area (Å²) < 4.78 is 26.3. The Morgan fingerprint density at radius 3 is 2.32 bits per heavy atom. The molecule has 104 valence electrons. The normalized spacial score (nSPS) is 19.4. The number of aromatic nitrogens is 2. The molecule has 1 heterocycles. The Balaban J connectivity index is 2.27. The van der Waals surface area contributed by atoms with Crippen LogP contribution in [0, 0.1) is 13.8 Å². The molecule has 2 rings (SSSR count). The van der Waals surface area contributed by atoms with E-state index in [2.05, 4.69) is 9.97 Å². The van der Waals surface area contributed by atoms with Crippen molar-refractivity contribution in [2.45, 2.75) is 51.4 Å². The number of rotatable bonds is 2. The zero-order valence-electron chi connectivity index (χ0n) is 11.0. The molecule has 0 atom stereocenters. The second kappa shape index (κ2) is 4.83. The van der Waals surface area contributed by atoms with Gasteiger partial charge in [-0.15, -0.1) is 0 Å². The van der Waals surface area contributed by atoms with Crippen LogP contribution in [-0.2, 0) is 0 Å². The highest BCUT2D eigenvalue weighted by Gasteiger charge is 2.36. The largest absolute Gasteiger partial charge is 0.364 e. The summed E-state index contributed by atoms with van der Waals surface area (Å²) in [5.41, 5.74) is 7.15. The molecule has 0 aliphatic heterocycles. The van der Waals surface area contributed by atoms with Gasteiger partial charge >= 0.3 is 0 Å². The average molecular weight is 269 g/mol. The summed E-state index contributed by atoms with van der Waals surface area (Å²) in [6.45, 7) is 3.40. The number of hydrogen-bond acceptors (Lipinski definition) is 3. The van der Waals surface area contributed by atoms with Crippen LogP contribution in [0.3, 0.4) is 0 Å². The summed E-state index contributed by atoms with van der Waals surface area (Å²) in [7, 11) is 0. The van der Waals surface area contributed by atoms with Gasteiger partial charge in [-0.3, -0.25) is 9.78 Å². The number of hydrogen-bond donors (Lipinski definition) is 1. The Morgan fingerprint density at radius 1 is 1.21 bits per heavy atom. The summed E-state index contributed by atoms with van der Waals surface area (Å²) in [6.07, 6.45) is 0.570. The van der Waals surface area contributed by atoms with Gasteiger partial charge in [-0.1, -0.05) is 0 Å². The fourth-order valence-electron chi connectivity index (χ4n) is 2.55. The van der Waals surface area contributed by atoms with Crippen molar-refractivity contribution in [2.75, 3.05) is 0 Å².